The van der Waals surface area contributed by atoms with Crippen molar-refractivity contribution in [2.24, 2.45) is 0 Å². The van der Waals surface area contributed by atoms with Crippen molar-refractivity contribution < 1.29 is 95.2 Å². The average molecular weight is 942 g/mol. The van der Waals surface area contributed by atoms with E-state index in [-0.39, 0.29) is 131 Å². The summed E-state index contributed by atoms with van der Waals surface area (Å²) < 4.78 is 62.1. The summed E-state index contributed by atoms with van der Waals surface area (Å²) in [7, 11) is 7.47. The maximum Gasteiger partial charge on any atom is 0.315 e. The van der Waals surface area contributed by atoms with Crippen LogP contribution in [0.4, 0.5) is 9.59 Å². The number of ether oxygens (including phenoxy) is 12. The molecule has 25 heteroatoms. The van der Waals surface area contributed by atoms with Gasteiger partial charge < -0.3 is 83.4 Å². The number of rotatable bonds is 40. The molecule has 4 amide bonds. The second kappa shape index (κ2) is 38.4. The molecule has 0 aliphatic heterocycles. The SMILES string of the molecule is COC(=O)CCOCC(COCCC(=O)OC)(COCCC(=O)OC)NC(=O)NCCCNCCCNC(=O)NC(COCCC(=O)OC)(COCCC(=O)OC)COCCC(=O)OC. The van der Waals surface area contributed by atoms with Gasteiger partial charge in [-0.2, -0.15) is 0 Å². The van der Waals surface area contributed by atoms with Crippen LogP contribution in [-0.2, 0) is 85.6 Å². The Morgan fingerprint density at radius 3 is 0.754 bits per heavy atom. The molecule has 0 aromatic carbocycles. The molecule has 0 spiro atoms. The lowest BCUT2D eigenvalue weighted by Crippen LogP contribution is -2.61. The fourth-order valence-electron chi connectivity index (χ4n) is 5.14. The van der Waals surface area contributed by atoms with E-state index in [1.54, 1.807) is 0 Å². The van der Waals surface area contributed by atoms with Crippen LogP contribution in [0.1, 0.15) is 51.4 Å². The molecule has 0 rings (SSSR count). The van der Waals surface area contributed by atoms with E-state index < -0.39 is 59.0 Å². The molecule has 25 nitrogen and oxygen atoms in total. The van der Waals surface area contributed by atoms with Crippen molar-refractivity contribution in [3.05, 3.63) is 0 Å². The molecule has 376 valence electrons. The largest absolute Gasteiger partial charge is 0.469 e. The first kappa shape index (κ1) is 60.1. The summed E-state index contributed by atoms with van der Waals surface area (Å²) in [6.07, 6.45) is 0.724. The van der Waals surface area contributed by atoms with Crippen LogP contribution in [0.3, 0.4) is 0 Å². The van der Waals surface area contributed by atoms with Crippen molar-refractivity contribution in [1.29, 1.82) is 0 Å². The van der Waals surface area contributed by atoms with Crippen molar-refractivity contribution in [2.75, 3.05) is 148 Å². The fraction of sp³-hybridized carbons (Fsp3) is 0.800. The van der Waals surface area contributed by atoms with Gasteiger partial charge in [0.2, 0.25) is 0 Å². The van der Waals surface area contributed by atoms with Gasteiger partial charge >= 0.3 is 47.9 Å². The first-order chi connectivity index (χ1) is 31.2. The molecule has 0 fully saturated rings. The maximum atomic E-state index is 13.1. The third kappa shape index (κ3) is 32.4. The topological polar surface area (TPSA) is 307 Å². The van der Waals surface area contributed by atoms with E-state index in [1.807, 2.05) is 0 Å². The molecular formula is C40H71N5O20. The summed E-state index contributed by atoms with van der Waals surface area (Å²) in [5.41, 5.74) is -2.62. The van der Waals surface area contributed by atoms with Crippen LogP contribution < -0.4 is 26.6 Å². The minimum absolute atomic E-state index is 0.0349. The number of hydrogen-bond acceptors (Lipinski definition) is 21. The van der Waals surface area contributed by atoms with Crippen molar-refractivity contribution in [3.63, 3.8) is 0 Å². The molecule has 0 saturated carbocycles. The third-order valence-electron chi connectivity index (χ3n) is 8.73. The second-order valence-electron chi connectivity index (χ2n) is 14.1. The zero-order valence-corrected chi connectivity index (χ0v) is 38.6. The Hall–Kier alpha value is -4.92. The molecular weight excluding hydrogens is 870 g/mol. The molecule has 0 saturated heterocycles. The molecule has 65 heavy (non-hydrogen) atoms. The number of urea groups is 2. The Labute approximate surface area is 379 Å². The van der Waals surface area contributed by atoms with Gasteiger partial charge in [0.15, 0.2) is 0 Å². The highest BCUT2D eigenvalue weighted by atomic mass is 16.6. The Bertz CT molecular complexity index is 1170. The molecule has 0 heterocycles. The van der Waals surface area contributed by atoms with Gasteiger partial charge in [-0.15, -0.1) is 0 Å². The summed E-state index contributed by atoms with van der Waals surface area (Å²) in [5.74, 6) is -2.98. The highest BCUT2D eigenvalue weighted by Crippen LogP contribution is 2.12. The van der Waals surface area contributed by atoms with Gasteiger partial charge in [-0.3, -0.25) is 28.8 Å². The highest BCUT2D eigenvalue weighted by molar-refractivity contribution is 5.75. The van der Waals surface area contributed by atoms with Gasteiger partial charge in [0.1, 0.15) is 11.1 Å². The first-order valence-electron chi connectivity index (χ1n) is 20.9. The standard InChI is InChI=1S/C40H71N5O20/c1-54-31(46)9-19-60-25-39(26-61-20-10-32(47)55-2,27-62-21-11-33(48)56-3)44-37(52)42-17-7-15-41-16-8-18-43-38(53)45-40(28-63-22-12-34(49)57-4,29-64-23-13-35(50)58-5)30-65-24-14-36(51)59-6/h41H,7-30H2,1-6H3,(H2,42,44,52)(H2,43,45,53). The molecule has 5 N–H and O–H groups in total. The van der Waals surface area contributed by atoms with E-state index in [2.05, 4.69) is 55.0 Å². The van der Waals surface area contributed by atoms with Crippen molar-refractivity contribution in [1.82, 2.24) is 26.6 Å². The van der Waals surface area contributed by atoms with E-state index in [0.717, 1.165) is 0 Å². The van der Waals surface area contributed by atoms with E-state index in [4.69, 9.17) is 28.4 Å². The molecule has 0 radical (unpaired) electrons. The lowest BCUT2D eigenvalue weighted by molar-refractivity contribution is -0.144. The van der Waals surface area contributed by atoms with Gasteiger partial charge in [-0.25, -0.2) is 9.59 Å². The Kier molecular flexibility index (Phi) is 35.5. The normalized spacial score (nSPS) is 11.2. The van der Waals surface area contributed by atoms with E-state index in [1.165, 1.54) is 42.7 Å². The van der Waals surface area contributed by atoms with Gasteiger partial charge in [0.25, 0.3) is 0 Å². The van der Waals surface area contributed by atoms with E-state index >= 15 is 0 Å². The predicted octanol–water partition coefficient (Wildman–Crippen LogP) is -1.09. The molecule has 0 aromatic rings. The van der Waals surface area contributed by atoms with Crippen LogP contribution in [-0.4, -0.2) is 207 Å². The summed E-state index contributed by atoms with van der Waals surface area (Å²) in [4.78, 5) is 96.1. The number of methoxy groups -OCH3 is 6. The monoisotopic (exact) mass is 941 g/mol. The minimum Gasteiger partial charge on any atom is -0.469 e. The lowest BCUT2D eigenvalue weighted by Gasteiger charge is -2.34. The van der Waals surface area contributed by atoms with Crippen molar-refractivity contribution in [2.45, 2.75) is 62.4 Å². The summed E-state index contributed by atoms with van der Waals surface area (Å²) >= 11 is 0. The second-order valence-corrected chi connectivity index (χ2v) is 14.1. The van der Waals surface area contributed by atoms with Crippen LogP contribution in [0.5, 0.6) is 0 Å². The number of carbonyl (C=O) groups excluding carboxylic acids is 8. The van der Waals surface area contributed by atoms with Gasteiger partial charge in [0.05, 0.1) is 160 Å². The lowest BCUT2D eigenvalue weighted by atomic mass is 10.0. The van der Waals surface area contributed by atoms with E-state index in [9.17, 15) is 38.4 Å². The number of nitrogens with one attached hydrogen (secondary N) is 5. The minimum atomic E-state index is -1.31. The van der Waals surface area contributed by atoms with Gasteiger partial charge in [0, 0.05) is 13.1 Å². The fourth-order valence-corrected chi connectivity index (χ4v) is 5.14. The highest BCUT2D eigenvalue weighted by Gasteiger charge is 2.35. The zero-order valence-electron chi connectivity index (χ0n) is 38.6. The van der Waals surface area contributed by atoms with Crippen LogP contribution in [0.15, 0.2) is 0 Å². The molecule has 0 aliphatic rings. The Morgan fingerprint density at radius 2 is 0.554 bits per heavy atom. The average Bonchev–Trinajstić information content (AvgIpc) is 3.30. The predicted molar refractivity (Wildman–Crippen MR) is 225 cm³/mol. The van der Waals surface area contributed by atoms with Gasteiger partial charge in [-0.1, -0.05) is 0 Å². The maximum absolute atomic E-state index is 13.1. The zero-order chi connectivity index (χ0) is 48.6. The number of hydrogen-bond donors (Lipinski definition) is 5. The quantitative estimate of drug-likeness (QED) is 0.0277. The Morgan fingerprint density at radius 1 is 0.338 bits per heavy atom. The molecule has 0 bridgehead atoms. The summed E-state index contributed by atoms with van der Waals surface area (Å²) in [6, 6.07) is -1.17. The summed E-state index contributed by atoms with van der Waals surface area (Å²) in [6.45, 7) is 0.304. The number of esters is 6. The van der Waals surface area contributed by atoms with Crippen LogP contribution in [0.25, 0.3) is 0 Å². The summed E-state index contributed by atoms with van der Waals surface area (Å²) in [5, 5.41) is 14.4. The van der Waals surface area contributed by atoms with Crippen LogP contribution in [0, 0.1) is 0 Å². The smallest absolute Gasteiger partial charge is 0.315 e. The van der Waals surface area contributed by atoms with Crippen molar-refractivity contribution in [3.8, 4) is 0 Å². The number of carbonyl (C=O) groups is 8. The Balaban J connectivity index is 5.30. The molecule has 0 atom stereocenters. The molecule has 0 unspecified atom stereocenters. The van der Waals surface area contributed by atoms with Crippen LogP contribution in [0.2, 0.25) is 0 Å². The van der Waals surface area contributed by atoms with Crippen molar-refractivity contribution >= 4 is 47.9 Å². The van der Waals surface area contributed by atoms with Gasteiger partial charge in [-0.05, 0) is 25.9 Å². The first-order valence-corrected chi connectivity index (χ1v) is 20.9. The molecule has 0 aliphatic carbocycles. The van der Waals surface area contributed by atoms with Crippen LogP contribution >= 0.6 is 0 Å². The third-order valence-corrected chi connectivity index (χ3v) is 8.73. The molecule has 0 aromatic heterocycles. The van der Waals surface area contributed by atoms with E-state index in [0.29, 0.717) is 25.9 Å². The number of amides is 4.